The molecule has 5 fully saturated rings. The van der Waals surface area contributed by atoms with Crippen LogP contribution in [-0.4, -0.2) is 75.9 Å². The van der Waals surface area contributed by atoms with Gasteiger partial charge in [-0.25, -0.2) is 9.59 Å². The van der Waals surface area contributed by atoms with Crippen molar-refractivity contribution in [1.29, 1.82) is 0 Å². The quantitative estimate of drug-likeness (QED) is 0.496. The fourth-order valence-corrected chi connectivity index (χ4v) is 9.58. The summed E-state index contributed by atoms with van der Waals surface area (Å²) < 4.78 is 11.1. The van der Waals surface area contributed by atoms with Crippen molar-refractivity contribution in [2.24, 2.45) is 34.5 Å². The van der Waals surface area contributed by atoms with Crippen molar-refractivity contribution < 1.29 is 34.4 Å². The Morgan fingerprint density at radius 3 is 2.58 bits per heavy atom. The summed E-state index contributed by atoms with van der Waals surface area (Å²) in [5, 5.41) is 33.7. The van der Waals surface area contributed by atoms with Gasteiger partial charge < -0.3 is 29.7 Å². The lowest BCUT2D eigenvalue weighted by Crippen LogP contribution is -2.67. The molecule has 8 nitrogen and oxygen atoms in total. The Hall–Kier alpha value is -1.64. The van der Waals surface area contributed by atoms with E-state index in [9.17, 15) is 24.9 Å². The molecule has 36 heavy (non-hydrogen) atoms. The van der Waals surface area contributed by atoms with E-state index in [1.807, 2.05) is 6.92 Å². The van der Waals surface area contributed by atoms with E-state index in [1.165, 1.54) is 0 Å². The van der Waals surface area contributed by atoms with Crippen LogP contribution in [0, 0.1) is 34.5 Å². The number of β-amino-alcohol motifs (C(OH)–C–C–N with tert-alkyl or cyclic N) is 1. The van der Waals surface area contributed by atoms with Crippen LogP contribution in [0.2, 0.25) is 0 Å². The third kappa shape index (κ3) is 3.43. The lowest BCUT2D eigenvalue weighted by atomic mass is 9.42. The number of hydrogen-bond acceptors (Lipinski definition) is 7. The van der Waals surface area contributed by atoms with Crippen molar-refractivity contribution in [1.82, 2.24) is 4.90 Å². The number of aliphatic hydroxyl groups excluding tert-OH is 2. The molecule has 4 saturated carbocycles. The topological polar surface area (TPSA) is 117 Å². The molecular weight excluding hydrogens is 462 g/mol. The van der Waals surface area contributed by atoms with E-state index in [4.69, 9.17) is 9.47 Å². The van der Waals surface area contributed by atoms with Crippen LogP contribution >= 0.6 is 0 Å². The summed E-state index contributed by atoms with van der Waals surface area (Å²) in [5.74, 6) is 0.341. The zero-order valence-corrected chi connectivity index (χ0v) is 21.5. The number of hydrogen-bond donors (Lipinski definition) is 3. The minimum atomic E-state index is -0.972. The van der Waals surface area contributed by atoms with Crippen molar-refractivity contribution >= 4 is 12.1 Å². The van der Waals surface area contributed by atoms with Gasteiger partial charge in [-0.3, -0.25) is 0 Å². The highest BCUT2D eigenvalue weighted by Gasteiger charge is 2.70. The molecule has 1 saturated heterocycles. The second-order valence-electron chi connectivity index (χ2n) is 13.0. The third-order valence-corrected chi connectivity index (χ3v) is 11.7. The number of fused-ring (bicyclic) bond motifs is 5. The van der Waals surface area contributed by atoms with Crippen molar-refractivity contribution in [2.75, 3.05) is 19.7 Å². The number of likely N-dealkylation sites (tertiary alicyclic amines) is 1. The molecule has 0 aromatic heterocycles. The summed E-state index contributed by atoms with van der Waals surface area (Å²) in [4.78, 5) is 26.0. The molecule has 2 aliphatic heterocycles. The van der Waals surface area contributed by atoms with E-state index in [0.717, 1.165) is 44.1 Å². The monoisotopic (exact) mass is 503 g/mol. The van der Waals surface area contributed by atoms with E-state index >= 15 is 0 Å². The van der Waals surface area contributed by atoms with E-state index in [0.29, 0.717) is 38.3 Å². The lowest BCUT2D eigenvalue weighted by Gasteiger charge is -2.65. The minimum Gasteiger partial charge on any atom is -0.458 e. The molecule has 200 valence electrons. The van der Waals surface area contributed by atoms with Crippen molar-refractivity contribution in [3.05, 3.63) is 11.6 Å². The van der Waals surface area contributed by atoms with Crippen LogP contribution < -0.4 is 0 Å². The second-order valence-corrected chi connectivity index (χ2v) is 13.0. The number of rotatable bonds is 2. The summed E-state index contributed by atoms with van der Waals surface area (Å²) in [6, 6.07) is 0. The molecule has 0 bridgehead atoms. The Labute approximate surface area is 213 Å². The minimum absolute atomic E-state index is 0.0164. The van der Waals surface area contributed by atoms with Gasteiger partial charge in [0, 0.05) is 24.6 Å². The highest BCUT2D eigenvalue weighted by Crippen LogP contribution is 2.70. The summed E-state index contributed by atoms with van der Waals surface area (Å²) in [7, 11) is 0. The average Bonchev–Trinajstić information content (AvgIpc) is 3.53. The Morgan fingerprint density at radius 1 is 1.08 bits per heavy atom. The number of ether oxygens (including phenoxy) is 2. The van der Waals surface area contributed by atoms with Crippen LogP contribution in [-0.2, 0) is 14.3 Å². The van der Waals surface area contributed by atoms with Crippen LogP contribution in [0.5, 0.6) is 0 Å². The molecule has 1 unspecified atom stereocenters. The summed E-state index contributed by atoms with van der Waals surface area (Å²) in [6.07, 6.45) is 7.12. The highest BCUT2D eigenvalue weighted by atomic mass is 16.6. The molecule has 10 atom stereocenters. The maximum Gasteiger partial charge on any atom is 0.410 e. The zero-order valence-electron chi connectivity index (χ0n) is 21.5. The molecule has 1 amide bonds. The van der Waals surface area contributed by atoms with Gasteiger partial charge in [0.2, 0.25) is 0 Å². The van der Waals surface area contributed by atoms with Gasteiger partial charge in [-0.05, 0) is 92.4 Å². The SMILES string of the molecule is C[C@]12CC[C@H](OC(=O)N3CCC(O)C3)C[C@H]1CC[C@@H]1[C@@H]2C[C@@H](O)[C@]2(C)[C@@H](C3=CC(=O)OC3)CC[C@]12O. The molecular formula is C28H41NO7. The summed E-state index contributed by atoms with van der Waals surface area (Å²) in [5.41, 5.74) is -0.758. The molecule has 0 spiro atoms. The molecule has 0 aromatic carbocycles. The average molecular weight is 504 g/mol. The van der Waals surface area contributed by atoms with Crippen LogP contribution in [0.3, 0.4) is 0 Å². The number of amides is 1. The third-order valence-electron chi connectivity index (χ3n) is 11.7. The van der Waals surface area contributed by atoms with Gasteiger partial charge in [0.15, 0.2) is 0 Å². The predicted octanol–water partition coefficient (Wildman–Crippen LogP) is 2.79. The molecule has 6 aliphatic rings. The molecule has 6 rings (SSSR count). The predicted molar refractivity (Wildman–Crippen MR) is 130 cm³/mol. The molecule has 3 N–H and O–H groups in total. The van der Waals surface area contributed by atoms with E-state index in [-0.39, 0.29) is 47.9 Å². The summed E-state index contributed by atoms with van der Waals surface area (Å²) in [6.45, 7) is 5.54. The second kappa shape index (κ2) is 8.43. The number of aliphatic hydroxyl groups is 3. The summed E-state index contributed by atoms with van der Waals surface area (Å²) >= 11 is 0. The smallest absolute Gasteiger partial charge is 0.410 e. The maximum atomic E-state index is 12.6. The number of carbonyl (C=O) groups is 2. The van der Waals surface area contributed by atoms with Crippen LogP contribution in [0.1, 0.15) is 71.6 Å². The molecule has 8 heteroatoms. The number of carbonyl (C=O) groups excluding carboxylic acids is 2. The van der Waals surface area contributed by atoms with Gasteiger partial charge in [0.1, 0.15) is 12.7 Å². The van der Waals surface area contributed by atoms with Crippen LogP contribution in [0.25, 0.3) is 0 Å². The van der Waals surface area contributed by atoms with E-state index in [1.54, 1.807) is 11.0 Å². The van der Waals surface area contributed by atoms with Crippen LogP contribution in [0.15, 0.2) is 11.6 Å². The Kier molecular flexibility index (Phi) is 5.78. The van der Waals surface area contributed by atoms with Crippen molar-refractivity contribution in [2.45, 2.75) is 95.5 Å². The molecule has 2 heterocycles. The van der Waals surface area contributed by atoms with Gasteiger partial charge in [0.25, 0.3) is 0 Å². The Bertz CT molecular complexity index is 968. The largest absolute Gasteiger partial charge is 0.458 e. The Morgan fingerprint density at radius 2 is 1.89 bits per heavy atom. The normalized spacial score (nSPS) is 50.1. The van der Waals surface area contributed by atoms with Crippen LogP contribution in [0.4, 0.5) is 4.79 Å². The first-order valence-corrected chi connectivity index (χ1v) is 14.0. The first kappa shape index (κ1) is 24.7. The van der Waals surface area contributed by atoms with Crippen molar-refractivity contribution in [3.8, 4) is 0 Å². The first-order chi connectivity index (χ1) is 17.1. The highest BCUT2D eigenvalue weighted by molar-refractivity contribution is 5.85. The van der Waals surface area contributed by atoms with Gasteiger partial charge in [-0.2, -0.15) is 0 Å². The lowest BCUT2D eigenvalue weighted by molar-refractivity contribution is -0.245. The van der Waals surface area contributed by atoms with E-state index in [2.05, 4.69) is 6.92 Å². The molecule has 4 aliphatic carbocycles. The van der Waals surface area contributed by atoms with Gasteiger partial charge in [0.05, 0.1) is 17.8 Å². The molecule has 0 radical (unpaired) electrons. The number of esters is 1. The standard InChI is InChI=1S/C28H41NO7/c1-26-8-5-19(36-25(33)29-10-7-18(30)14-29)12-17(26)3-4-21-22(26)13-23(31)27(2)20(6-9-28(21,27)34)16-11-24(32)35-15-16/h11,17-23,30-31,34H,3-10,12-15H2,1-2H3/t17-,18?,19+,20-,21-,22+,23-,26+,27+,28+/m1/s1. The first-order valence-electron chi connectivity index (χ1n) is 14.0. The number of nitrogens with zero attached hydrogens (tertiary/aromatic N) is 1. The van der Waals surface area contributed by atoms with Gasteiger partial charge in [-0.15, -0.1) is 0 Å². The fourth-order valence-electron chi connectivity index (χ4n) is 9.58. The molecule has 0 aromatic rings. The maximum absolute atomic E-state index is 12.6. The van der Waals surface area contributed by atoms with Gasteiger partial charge in [-0.1, -0.05) is 13.8 Å². The zero-order chi connectivity index (χ0) is 25.5. The number of cyclic esters (lactones) is 1. The van der Waals surface area contributed by atoms with Crippen molar-refractivity contribution in [3.63, 3.8) is 0 Å². The fraction of sp³-hybridized carbons (Fsp3) is 0.857. The van der Waals surface area contributed by atoms with E-state index < -0.39 is 23.2 Å². The Balaban J connectivity index is 1.19. The van der Waals surface area contributed by atoms with Gasteiger partial charge >= 0.3 is 12.1 Å².